The average molecular weight is 1400 g/mol. The summed E-state index contributed by atoms with van der Waals surface area (Å²) in [5.74, 6) is -1.18. The predicted molar refractivity (Wildman–Crippen MR) is 322 cm³/mol. The van der Waals surface area contributed by atoms with Gasteiger partial charge in [-0.25, -0.2) is 0 Å². The van der Waals surface area contributed by atoms with E-state index in [1.807, 2.05) is 6.92 Å². The zero-order valence-corrected chi connectivity index (χ0v) is 55.7. The Bertz CT molecular complexity index is 2710. The molecule has 19 N–H and O–H groups in total. The lowest BCUT2D eigenvalue weighted by molar-refractivity contribution is -0.383. The Balaban J connectivity index is 0.789. The van der Waals surface area contributed by atoms with E-state index in [1.165, 1.54) is 6.92 Å². The molecule has 6 aliphatic heterocycles. The molecule has 0 aromatic carbocycles. The van der Waals surface area contributed by atoms with Gasteiger partial charge in [0.05, 0.1) is 57.3 Å². The van der Waals surface area contributed by atoms with Crippen molar-refractivity contribution in [2.24, 2.45) is 50.2 Å². The fraction of sp³-hybridized carbons (Fsp3) is 0.954. The number of allylic oxidation sites excluding steroid dienone is 2. The van der Waals surface area contributed by atoms with Gasteiger partial charge in [0, 0.05) is 5.41 Å². The molecule has 10 fully saturated rings. The number of aliphatic hydroxyl groups is 19. The predicted octanol–water partition coefficient (Wildman–Crippen LogP) is -5.75. The van der Waals surface area contributed by atoms with Gasteiger partial charge in [0.15, 0.2) is 31.5 Å². The van der Waals surface area contributed by atoms with Crippen molar-refractivity contribution in [3.63, 3.8) is 0 Å². The zero-order chi connectivity index (χ0) is 70.7. The van der Waals surface area contributed by atoms with Gasteiger partial charge in [-0.2, -0.15) is 0 Å². The molecule has 0 amide bonds. The average Bonchev–Trinajstić information content (AvgIpc) is 0.675. The second-order valence-corrected chi connectivity index (χ2v) is 31.3. The SMILES string of the molecule is CC1OC(OC2C(CO)OC(OCC3OC(OC(=O)C45CCC(C)(C)CC4C4=CCC6C7(C)CCC(OC8OCC(OC9OC(CO)C(O)C(O)C9O)C(O)C8OC8OC(CO)C(O)C(O)C8O)C(C)(CO)C7CCC6(C)C4(C)CC5)C(O)C(O)C3O)C(O)C2O)C(O)C(O)C1O. The van der Waals surface area contributed by atoms with E-state index in [9.17, 15) is 97.0 Å². The number of aliphatic hydroxyl groups excluding tert-OH is 19. The quantitative estimate of drug-likeness (QED) is 0.0366. The molecule has 97 heavy (non-hydrogen) atoms. The van der Waals surface area contributed by atoms with Crippen LogP contribution in [0.1, 0.15) is 113 Å². The van der Waals surface area contributed by atoms with Crippen LogP contribution in [0.5, 0.6) is 0 Å². The summed E-state index contributed by atoms with van der Waals surface area (Å²) in [6.07, 6.45) is -41.9. The van der Waals surface area contributed by atoms with Gasteiger partial charge in [-0.3, -0.25) is 4.79 Å². The number of fused-ring (bicyclic) bond motifs is 7. The monoisotopic (exact) mass is 1400 g/mol. The summed E-state index contributed by atoms with van der Waals surface area (Å²) in [6.45, 7) is 10.7. The summed E-state index contributed by atoms with van der Waals surface area (Å²) in [4.78, 5) is 15.3. The molecule has 6 saturated heterocycles. The summed E-state index contributed by atoms with van der Waals surface area (Å²) < 4.78 is 71.6. The fourth-order valence-electron chi connectivity index (χ4n) is 19.0. The maximum absolute atomic E-state index is 15.3. The van der Waals surface area contributed by atoms with E-state index in [2.05, 4.69) is 40.7 Å². The van der Waals surface area contributed by atoms with Crippen molar-refractivity contribution in [3.05, 3.63) is 11.6 Å². The molecule has 0 aromatic rings. The Morgan fingerprint density at radius 3 is 1.63 bits per heavy atom. The van der Waals surface area contributed by atoms with Crippen molar-refractivity contribution in [1.29, 1.82) is 0 Å². The minimum absolute atomic E-state index is 0.0242. The Morgan fingerprint density at radius 1 is 0.495 bits per heavy atom. The first-order chi connectivity index (χ1) is 45.6. The smallest absolute Gasteiger partial charge is 0.315 e. The van der Waals surface area contributed by atoms with Crippen LogP contribution < -0.4 is 0 Å². The van der Waals surface area contributed by atoms with Crippen LogP contribution in [0.3, 0.4) is 0 Å². The van der Waals surface area contributed by atoms with Crippen LogP contribution in [-0.2, 0) is 61.6 Å². The zero-order valence-electron chi connectivity index (χ0n) is 55.7. The molecule has 0 spiro atoms. The Hall–Kier alpha value is -1.99. The van der Waals surface area contributed by atoms with Crippen molar-refractivity contribution in [2.75, 3.05) is 39.6 Å². The van der Waals surface area contributed by atoms with Crippen LogP contribution in [0.25, 0.3) is 0 Å². The van der Waals surface area contributed by atoms with Crippen molar-refractivity contribution in [2.45, 2.75) is 297 Å². The van der Waals surface area contributed by atoms with Crippen LogP contribution in [0.4, 0.5) is 0 Å². The van der Waals surface area contributed by atoms with E-state index < -0.39 is 245 Å². The summed E-state index contributed by atoms with van der Waals surface area (Å²) >= 11 is 0. The number of ether oxygens (including phenoxy) is 12. The molecule has 32 heteroatoms. The molecular formula is C65H106O32. The topological polar surface area (TPSA) is 512 Å². The summed E-state index contributed by atoms with van der Waals surface area (Å²) in [6, 6.07) is 0. The fourth-order valence-corrected chi connectivity index (χ4v) is 19.0. The van der Waals surface area contributed by atoms with Gasteiger partial charge in [0.25, 0.3) is 0 Å². The normalized spacial score (nSPS) is 54.7. The molecule has 0 aromatic heterocycles. The molecule has 0 radical (unpaired) electrons. The number of hydrogen-bond donors (Lipinski definition) is 19. The molecule has 0 bridgehead atoms. The highest BCUT2D eigenvalue weighted by atomic mass is 16.8. The third-order valence-electron chi connectivity index (χ3n) is 25.4. The second-order valence-electron chi connectivity index (χ2n) is 31.3. The Kier molecular flexibility index (Phi) is 22.6. The lowest BCUT2D eigenvalue weighted by Gasteiger charge is -2.71. The van der Waals surface area contributed by atoms with E-state index in [1.54, 1.807) is 0 Å². The van der Waals surface area contributed by atoms with Crippen molar-refractivity contribution < 1.29 is 159 Å². The van der Waals surface area contributed by atoms with Crippen LogP contribution in [0, 0.1) is 50.2 Å². The second kappa shape index (κ2) is 28.8. The van der Waals surface area contributed by atoms with Crippen molar-refractivity contribution in [1.82, 2.24) is 0 Å². The molecular weight excluding hydrogens is 1290 g/mol. The Morgan fingerprint density at radius 2 is 1.02 bits per heavy atom. The van der Waals surface area contributed by atoms with Crippen LogP contribution in [0.2, 0.25) is 0 Å². The molecule has 38 atom stereocenters. The van der Waals surface area contributed by atoms with E-state index in [0.29, 0.717) is 64.2 Å². The van der Waals surface area contributed by atoms with E-state index in [4.69, 9.17) is 56.8 Å². The molecule has 32 nitrogen and oxygen atoms in total. The van der Waals surface area contributed by atoms with Crippen LogP contribution in [0.15, 0.2) is 11.6 Å². The van der Waals surface area contributed by atoms with Gasteiger partial charge < -0.3 is 154 Å². The minimum Gasteiger partial charge on any atom is -0.432 e. The molecule has 5 aliphatic carbocycles. The summed E-state index contributed by atoms with van der Waals surface area (Å²) in [5, 5.41) is 206. The Labute approximate surface area is 561 Å². The molecule has 4 saturated carbocycles. The van der Waals surface area contributed by atoms with E-state index >= 15 is 4.79 Å². The minimum atomic E-state index is -1.94. The number of esters is 1. The summed E-state index contributed by atoms with van der Waals surface area (Å²) in [7, 11) is 0. The number of hydrogen-bond acceptors (Lipinski definition) is 32. The molecule has 6 heterocycles. The van der Waals surface area contributed by atoms with Gasteiger partial charge in [0.2, 0.25) is 6.29 Å². The van der Waals surface area contributed by atoms with Gasteiger partial charge in [0.1, 0.15) is 134 Å². The molecule has 38 unspecified atom stereocenters. The molecule has 11 rings (SSSR count). The first-order valence-electron chi connectivity index (χ1n) is 34.3. The van der Waals surface area contributed by atoms with Crippen LogP contribution in [-0.4, -0.2) is 327 Å². The van der Waals surface area contributed by atoms with Gasteiger partial charge in [-0.05, 0) is 111 Å². The number of rotatable bonds is 17. The maximum atomic E-state index is 15.3. The van der Waals surface area contributed by atoms with Crippen LogP contribution >= 0.6 is 0 Å². The number of carbonyl (C=O) groups excluding carboxylic acids is 1. The third kappa shape index (κ3) is 13.2. The first-order valence-corrected chi connectivity index (χ1v) is 34.3. The maximum Gasteiger partial charge on any atom is 0.315 e. The highest BCUT2D eigenvalue weighted by molar-refractivity contribution is 5.79. The lowest BCUT2D eigenvalue weighted by Crippen LogP contribution is -2.67. The standard InChI is InChI=1S/C65H106O32/c1-25-36(70)41(75)46(80)54(88-25)95-51-30(21-68)91-53(50(84)45(51)79)86-22-31-39(73)44(78)49(83)57(92-31)97-59(85)65-16-14-60(2,3)18-27(65)26-8-9-34-61(4)12-11-35(62(5,24-69)33(61)10-13-64(34,7)63(26,6)15-17-65)94-58-52(96-56-48(82)43(77)38(72)29(20-67)90-56)40(74)32(23-87-58)93-55-47(81)42(76)37(71)28(19-66)89-55/h8,25,27-58,66-84H,9-24H2,1-7H3. The largest absolute Gasteiger partial charge is 0.432 e. The highest BCUT2D eigenvalue weighted by Gasteiger charge is 2.71. The van der Waals surface area contributed by atoms with Crippen molar-refractivity contribution >= 4 is 5.97 Å². The van der Waals surface area contributed by atoms with E-state index in [0.717, 1.165) is 5.57 Å². The highest BCUT2D eigenvalue weighted by Crippen LogP contribution is 2.76. The lowest BCUT2D eigenvalue weighted by atomic mass is 9.33. The van der Waals surface area contributed by atoms with Gasteiger partial charge in [-0.1, -0.05) is 53.2 Å². The summed E-state index contributed by atoms with van der Waals surface area (Å²) in [5.41, 5.74) is -2.53. The third-order valence-corrected chi connectivity index (χ3v) is 25.4. The van der Waals surface area contributed by atoms with Crippen molar-refractivity contribution in [3.8, 4) is 0 Å². The first kappa shape index (κ1) is 76.1. The van der Waals surface area contributed by atoms with Gasteiger partial charge in [-0.15, -0.1) is 0 Å². The molecule has 11 aliphatic rings. The van der Waals surface area contributed by atoms with Gasteiger partial charge >= 0.3 is 5.97 Å². The number of carbonyl (C=O) groups is 1. The van der Waals surface area contributed by atoms with E-state index in [-0.39, 0.29) is 35.2 Å². The molecule has 558 valence electrons.